The summed E-state index contributed by atoms with van der Waals surface area (Å²) in [5.74, 6) is 1.63. The number of ether oxygens (including phenoxy) is 1. The molecule has 29 heavy (non-hydrogen) atoms. The number of aryl methyl sites for hydroxylation is 2. The van der Waals surface area contributed by atoms with Gasteiger partial charge in [0, 0.05) is 18.5 Å². The predicted molar refractivity (Wildman–Crippen MR) is 110 cm³/mol. The molecular weight excluding hydrogens is 390 g/mol. The van der Waals surface area contributed by atoms with Crippen molar-refractivity contribution >= 4 is 10.0 Å². The van der Waals surface area contributed by atoms with E-state index in [0.717, 1.165) is 11.3 Å². The third-order valence-electron chi connectivity index (χ3n) is 4.27. The fourth-order valence-corrected chi connectivity index (χ4v) is 4.04. The maximum Gasteiger partial charge on any atom is 0.241 e. The van der Waals surface area contributed by atoms with E-state index in [0.29, 0.717) is 29.3 Å². The van der Waals surface area contributed by atoms with Crippen LogP contribution in [0, 0.1) is 6.92 Å². The van der Waals surface area contributed by atoms with Crippen molar-refractivity contribution in [2.75, 3.05) is 0 Å². The fourth-order valence-electron chi connectivity index (χ4n) is 2.76. The van der Waals surface area contributed by atoms with Gasteiger partial charge in [0.05, 0.1) is 11.0 Å². The monoisotopic (exact) mass is 415 g/mol. The summed E-state index contributed by atoms with van der Waals surface area (Å²) in [4.78, 5) is 4.46. The normalized spacial score (nSPS) is 11.8. The van der Waals surface area contributed by atoms with Gasteiger partial charge in [-0.2, -0.15) is 4.98 Å². The molecule has 3 aromatic rings. The van der Waals surface area contributed by atoms with E-state index in [4.69, 9.17) is 9.26 Å². The van der Waals surface area contributed by atoms with Crippen molar-refractivity contribution in [3.8, 4) is 17.1 Å². The molecule has 1 heterocycles. The Morgan fingerprint density at radius 2 is 1.86 bits per heavy atom. The van der Waals surface area contributed by atoms with Gasteiger partial charge >= 0.3 is 0 Å². The smallest absolute Gasteiger partial charge is 0.241 e. The van der Waals surface area contributed by atoms with Crippen LogP contribution in [0.3, 0.4) is 0 Å². The third kappa shape index (κ3) is 5.21. The zero-order valence-corrected chi connectivity index (χ0v) is 17.8. The third-order valence-corrected chi connectivity index (χ3v) is 5.81. The lowest BCUT2D eigenvalue weighted by molar-refractivity contribution is 0.242. The second-order valence-corrected chi connectivity index (χ2v) is 8.72. The molecule has 0 amide bonds. The van der Waals surface area contributed by atoms with Gasteiger partial charge in [-0.15, -0.1) is 0 Å². The van der Waals surface area contributed by atoms with Crippen LogP contribution in [0.2, 0.25) is 0 Å². The van der Waals surface area contributed by atoms with Gasteiger partial charge in [-0.1, -0.05) is 36.3 Å². The molecule has 0 aliphatic rings. The Balaban J connectivity index is 1.77. The highest BCUT2D eigenvalue weighted by atomic mass is 32.2. The zero-order valence-electron chi connectivity index (χ0n) is 17.0. The van der Waals surface area contributed by atoms with Crippen molar-refractivity contribution in [1.82, 2.24) is 14.9 Å². The van der Waals surface area contributed by atoms with Gasteiger partial charge in [0.25, 0.3) is 0 Å². The lowest BCUT2D eigenvalue weighted by Crippen LogP contribution is -2.24. The quantitative estimate of drug-likeness (QED) is 0.600. The van der Waals surface area contributed by atoms with E-state index >= 15 is 0 Å². The van der Waals surface area contributed by atoms with E-state index in [2.05, 4.69) is 14.9 Å². The lowest BCUT2D eigenvalue weighted by atomic mass is 10.1. The molecule has 0 radical (unpaired) electrons. The van der Waals surface area contributed by atoms with E-state index in [1.54, 1.807) is 25.1 Å². The van der Waals surface area contributed by atoms with Crippen molar-refractivity contribution in [3.05, 3.63) is 59.5 Å². The lowest BCUT2D eigenvalue weighted by Gasteiger charge is -2.12. The summed E-state index contributed by atoms with van der Waals surface area (Å²) in [6.45, 7) is 7.75. The molecule has 2 aromatic carbocycles. The van der Waals surface area contributed by atoms with Gasteiger partial charge in [-0.25, -0.2) is 13.1 Å². The van der Waals surface area contributed by atoms with E-state index < -0.39 is 10.0 Å². The first-order chi connectivity index (χ1) is 13.8. The summed E-state index contributed by atoms with van der Waals surface area (Å²) in [6.07, 6.45) is 0.703. The minimum Gasteiger partial charge on any atom is -0.491 e. The van der Waals surface area contributed by atoms with Crippen molar-refractivity contribution < 1.29 is 17.7 Å². The summed E-state index contributed by atoms with van der Waals surface area (Å²) >= 11 is 0. The second kappa shape index (κ2) is 8.75. The zero-order chi connectivity index (χ0) is 21.0. The van der Waals surface area contributed by atoms with Crippen molar-refractivity contribution in [2.45, 2.75) is 51.7 Å². The van der Waals surface area contributed by atoms with E-state index in [-0.39, 0.29) is 17.5 Å². The molecule has 0 bridgehead atoms. The number of nitrogens with zero attached hydrogens (tertiary/aromatic N) is 2. The molecule has 0 aliphatic carbocycles. The number of hydrogen-bond acceptors (Lipinski definition) is 6. The highest BCUT2D eigenvalue weighted by Crippen LogP contribution is 2.24. The molecule has 154 valence electrons. The summed E-state index contributed by atoms with van der Waals surface area (Å²) < 4.78 is 39.2. The van der Waals surface area contributed by atoms with Gasteiger partial charge < -0.3 is 9.26 Å². The molecule has 8 heteroatoms. The van der Waals surface area contributed by atoms with Crippen LogP contribution in [0.1, 0.15) is 37.8 Å². The Kier molecular flexibility index (Phi) is 6.34. The Bertz CT molecular complexity index is 1070. The minimum absolute atomic E-state index is 0.0854. The number of hydrogen-bond donors (Lipinski definition) is 1. The van der Waals surface area contributed by atoms with E-state index in [1.807, 2.05) is 45.0 Å². The van der Waals surface area contributed by atoms with Gasteiger partial charge in [0.15, 0.2) is 0 Å². The highest BCUT2D eigenvalue weighted by molar-refractivity contribution is 7.89. The van der Waals surface area contributed by atoms with Crippen LogP contribution in [0.5, 0.6) is 5.75 Å². The summed E-state index contributed by atoms with van der Waals surface area (Å²) in [5, 5.41) is 3.92. The van der Waals surface area contributed by atoms with Crippen LogP contribution in [0.15, 0.2) is 51.9 Å². The predicted octanol–water partition coefficient (Wildman–Crippen LogP) is 3.87. The van der Waals surface area contributed by atoms with Crippen molar-refractivity contribution in [2.24, 2.45) is 0 Å². The molecule has 1 N–H and O–H groups in total. The standard InChI is InChI=1S/C21H25N3O4S/c1-5-20-23-21(24-28-20)17-9-6-15(4)19(12-17)29(25,26)22-13-16-7-10-18(11-8-16)27-14(2)3/h6-12,14,22H,5,13H2,1-4H3. The summed E-state index contributed by atoms with van der Waals surface area (Å²) in [7, 11) is -3.71. The number of aromatic nitrogens is 2. The topological polar surface area (TPSA) is 94.3 Å². The molecule has 0 aliphatic heterocycles. The molecule has 0 atom stereocenters. The molecule has 0 saturated heterocycles. The fraction of sp³-hybridized carbons (Fsp3) is 0.333. The number of rotatable bonds is 8. The molecular formula is C21H25N3O4S. The summed E-state index contributed by atoms with van der Waals surface area (Å²) in [6, 6.07) is 12.4. The Morgan fingerprint density at radius 3 is 2.48 bits per heavy atom. The Labute approximate surface area is 171 Å². The number of nitrogens with one attached hydrogen (secondary N) is 1. The number of benzene rings is 2. The first-order valence-electron chi connectivity index (χ1n) is 9.47. The van der Waals surface area contributed by atoms with Crippen LogP contribution in [-0.2, 0) is 23.0 Å². The average Bonchev–Trinajstić information content (AvgIpc) is 3.16. The van der Waals surface area contributed by atoms with E-state index in [9.17, 15) is 8.42 Å². The molecule has 7 nitrogen and oxygen atoms in total. The average molecular weight is 416 g/mol. The molecule has 3 rings (SSSR count). The van der Waals surface area contributed by atoms with Crippen LogP contribution in [0.25, 0.3) is 11.4 Å². The van der Waals surface area contributed by atoms with Crippen LogP contribution in [-0.4, -0.2) is 24.7 Å². The molecule has 0 saturated carbocycles. The molecule has 1 aromatic heterocycles. The molecule has 0 spiro atoms. The maximum absolute atomic E-state index is 12.9. The largest absolute Gasteiger partial charge is 0.491 e. The first kappa shape index (κ1) is 21.0. The SMILES string of the molecule is CCc1nc(-c2ccc(C)c(S(=O)(=O)NCc3ccc(OC(C)C)cc3)c2)no1. The van der Waals surface area contributed by atoms with Gasteiger partial charge in [-0.05, 0) is 50.1 Å². The minimum atomic E-state index is -3.71. The van der Waals surface area contributed by atoms with Crippen LogP contribution >= 0.6 is 0 Å². The second-order valence-electron chi connectivity index (χ2n) is 6.98. The first-order valence-corrected chi connectivity index (χ1v) is 11.0. The van der Waals surface area contributed by atoms with Gasteiger partial charge in [0.2, 0.25) is 21.7 Å². The van der Waals surface area contributed by atoms with Crippen LogP contribution in [0.4, 0.5) is 0 Å². The Hall–Kier alpha value is -2.71. The van der Waals surface area contributed by atoms with Crippen molar-refractivity contribution in [1.29, 1.82) is 0 Å². The maximum atomic E-state index is 12.9. The Morgan fingerprint density at radius 1 is 1.14 bits per heavy atom. The summed E-state index contributed by atoms with van der Waals surface area (Å²) in [5.41, 5.74) is 2.07. The molecule has 0 fully saturated rings. The van der Waals surface area contributed by atoms with Gasteiger partial charge in [0.1, 0.15) is 5.75 Å². The van der Waals surface area contributed by atoms with E-state index in [1.165, 1.54) is 0 Å². The van der Waals surface area contributed by atoms with Crippen LogP contribution < -0.4 is 9.46 Å². The number of sulfonamides is 1. The van der Waals surface area contributed by atoms with Gasteiger partial charge in [-0.3, -0.25) is 0 Å². The highest BCUT2D eigenvalue weighted by Gasteiger charge is 2.19. The molecule has 0 unspecified atom stereocenters. The van der Waals surface area contributed by atoms with Crippen molar-refractivity contribution in [3.63, 3.8) is 0 Å².